The average Bonchev–Trinajstić information content (AvgIpc) is 2.58. The predicted molar refractivity (Wildman–Crippen MR) is 105 cm³/mol. The zero-order chi connectivity index (χ0) is 18.2. The van der Waals surface area contributed by atoms with Crippen molar-refractivity contribution in [2.75, 3.05) is 12.4 Å². The zero-order valence-corrected chi connectivity index (χ0v) is 15.9. The van der Waals surface area contributed by atoms with E-state index in [1.165, 1.54) is 32.6 Å². The highest BCUT2D eigenvalue weighted by atomic mass is 16.1. The summed E-state index contributed by atoms with van der Waals surface area (Å²) in [6.45, 7) is 6.85. The molecule has 1 saturated carbocycles. The van der Waals surface area contributed by atoms with Crippen LogP contribution in [0.2, 0.25) is 0 Å². The van der Waals surface area contributed by atoms with Gasteiger partial charge in [-0.2, -0.15) is 0 Å². The lowest BCUT2D eigenvalue weighted by Gasteiger charge is -2.32. The predicted octanol–water partition coefficient (Wildman–Crippen LogP) is 3.52. The Morgan fingerprint density at radius 3 is 2.56 bits per heavy atom. The van der Waals surface area contributed by atoms with Crippen molar-refractivity contribution in [3.8, 4) is 0 Å². The number of rotatable bonds is 5. The molecular weight excluding hydrogens is 312 g/mol. The van der Waals surface area contributed by atoms with Crippen LogP contribution >= 0.6 is 0 Å². The van der Waals surface area contributed by atoms with Crippen molar-refractivity contribution >= 4 is 17.6 Å². The second-order valence-electron chi connectivity index (χ2n) is 7.31. The molecule has 0 atom stereocenters. The molecule has 0 aliphatic heterocycles. The van der Waals surface area contributed by atoms with E-state index in [2.05, 4.69) is 34.8 Å². The molecule has 1 fully saturated rings. The van der Waals surface area contributed by atoms with Crippen LogP contribution in [0.4, 0.5) is 5.69 Å². The Kier molecular flexibility index (Phi) is 7.29. The summed E-state index contributed by atoms with van der Waals surface area (Å²) >= 11 is 0. The van der Waals surface area contributed by atoms with Gasteiger partial charge >= 0.3 is 0 Å². The molecule has 0 heterocycles. The number of amides is 1. The van der Waals surface area contributed by atoms with Crippen LogP contribution in [-0.2, 0) is 11.3 Å². The van der Waals surface area contributed by atoms with Crippen LogP contribution in [-0.4, -0.2) is 25.0 Å². The Labute approximate surface area is 151 Å². The molecule has 5 heteroatoms. The SMILES string of the molecule is CN=C(NCc1cccc(NC(C)=O)c1)NC1CCC(C(C)C)CC1. The largest absolute Gasteiger partial charge is 0.354 e. The Balaban J connectivity index is 1.82. The number of aliphatic imine (C=N–C) groups is 1. The fraction of sp³-hybridized carbons (Fsp3) is 0.600. The number of carbonyl (C=O) groups excluding carboxylic acids is 1. The molecule has 5 nitrogen and oxygen atoms in total. The summed E-state index contributed by atoms with van der Waals surface area (Å²) in [5, 5.41) is 9.74. The zero-order valence-electron chi connectivity index (χ0n) is 15.9. The van der Waals surface area contributed by atoms with Crippen LogP contribution in [0.5, 0.6) is 0 Å². The fourth-order valence-electron chi connectivity index (χ4n) is 3.47. The van der Waals surface area contributed by atoms with Crippen LogP contribution in [0.25, 0.3) is 0 Å². The normalized spacial score (nSPS) is 21.1. The van der Waals surface area contributed by atoms with Crippen molar-refractivity contribution in [1.82, 2.24) is 10.6 Å². The number of nitrogens with zero attached hydrogens (tertiary/aromatic N) is 1. The van der Waals surface area contributed by atoms with E-state index in [1.54, 1.807) is 0 Å². The van der Waals surface area contributed by atoms with E-state index in [1.807, 2.05) is 31.3 Å². The summed E-state index contributed by atoms with van der Waals surface area (Å²) < 4.78 is 0. The van der Waals surface area contributed by atoms with Gasteiger partial charge < -0.3 is 16.0 Å². The van der Waals surface area contributed by atoms with Crippen LogP contribution < -0.4 is 16.0 Å². The van der Waals surface area contributed by atoms with Crippen molar-refractivity contribution < 1.29 is 4.79 Å². The summed E-state index contributed by atoms with van der Waals surface area (Å²) in [6, 6.07) is 8.37. The minimum atomic E-state index is -0.0559. The van der Waals surface area contributed by atoms with Gasteiger partial charge in [0, 0.05) is 32.2 Å². The lowest BCUT2D eigenvalue weighted by molar-refractivity contribution is -0.114. The number of guanidine groups is 1. The monoisotopic (exact) mass is 344 g/mol. The van der Waals surface area contributed by atoms with Crippen LogP contribution in [0.1, 0.15) is 52.0 Å². The summed E-state index contributed by atoms with van der Waals surface area (Å²) in [5.74, 6) is 2.44. The summed E-state index contributed by atoms with van der Waals surface area (Å²) in [7, 11) is 1.81. The highest BCUT2D eigenvalue weighted by molar-refractivity contribution is 5.88. The highest BCUT2D eigenvalue weighted by Crippen LogP contribution is 2.29. The number of carbonyl (C=O) groups is 1. The molecule has 0 aromatic heterocycles. The number of benzene rings is 1. The van der Waals surface area contributed by atoms with Gasteiger partial charge in [0.25, 0.3) is 0 Å². The Morgan fingerprint density at radius 1 is 1.24 bits per heavy atom. The van der Waals surface area contributed by atoms with Gasteiger partial charge in [0.05, 0.1) is 0 Å². The molecule has 2 rings (SSSR count). The van der Waals surface area contributed by atoms with Crippen LogP contribution in [0.3, 0.4) is 0 Å². The molecule has 1 amide bonds. The minimum absolute atomic E-state index is 0.0559. The lowest BCUT2D eigenvalue weighted by Crippen LogP contribution is -2.44. The third-order valence-electron chi connectivity index (χ3n) is 4.99. The first-order valence-electron chi connectivity index (χ1n) is 9.31. The fourth-order valence-corrected chi connectivity index (χ4v) is 3.47. The first kappa shape index (κ1) is 19.3. The van der Waals surface area contributed by atoms with Gasteiger partial charge in [0.1, 0.15) is 0 Å². The molecule has 0 saturated heterocycles. The van der Waals surface area contributed by atoms with Gasteiger partial charge in [0.15, 0.2) is 5.96 Å². The average molecular weight is 345 g/mol. The quantitative estimate of drug-likeness (QED) is 0.565. The van der Waals surface area contributed by atoms with Crippen molar-refractivity contribution in [2.24, 2.45) is 16.8 Å². The molecule has 0 unspecified atom stereocenters. The van der Waals surface area contributed by atoms with E-state index in [9.17, 15) is 4.79 Å². The Morgan fingerprint density at radius 2 is 1.96 bits per heavy atom. The maximum atomic E-state index is 11.2. The van der Waals surface area contributed by atoms with Gasteiger partial charge in [-0.05, 0) is 55.2 Å². The number of nitrogens with one attached hydrogen (secondary N) is 3. The molecule has 0 bridgehead atoms. The molecule has 138 valence electrons. The molecule has 25 heavy (non-hydrogen) atoms. The van der Waals surface area contributed by atoms with Gasteiger partial charge in [-0.3, -0.25) is 9.79 Å². The Bertz CT molecular complexity index is 589. The second-order valence-corrected chi connectivity index (χ2v) is 7.31. The van der Waals surface area contributed by atoms with Gasteiger partial charge in [0.2, 0.25) is 5.91 Å². The molecule has 1 aliphatic carbocycles. The minimum Gasteiger partial charge on any atom is -0.354 e. The lowest BCUT2D eigenvalue weighted by atomic mass is 9.80. The van der Waals surface area contributed by atoms with Crippen LogP contribution in [0.15, 0.2) is 29.3 Å². The second kappa shape index (κ2) is 9.44. The van der Waals surface area contributed by atoms with Gasteiger partial charge in [-0.1, -0.05) is 26.0 Å². The van der Waals surface area contributed by atoms with Crippen LogP contribution in [0, 0.1) is 11.8 Å². The molecule has 3 N–H and O–H groups in total. The van der Waals surface area contributed by atoms with Gasteiger partial charge in [-0.25, -0.2) is 0 Å². The number of hydrogen-bond donors (Lipinski definition) is 3. The molecule has 1 aliphatic rings. The smallest absolute Gasteiger partial charge is 0.221 e. The van der Waals surface area contributed by atoms with E-state index >= 15 is 0 Å². The van der Waals surface area contributed by atoms with Crippen molar-refractivity contribution in [3.05, 3.63) is 29.8 Å². The number of hydrogen-bond acceptors (Lipinski definition) is 2. The standard InChI is InChI=1S/C20H32N4O/c1-14(2)17-8-10-18(11-9-17)24-20(21-4)22-13-16-6-5-7-19(12-16)23-15(3)25/h5-7,12,14,17-18H,8-11,13H2,1-4H3,(H,23,25)(H2,21,22,24). The van der Waals surface area contributed by atoms with E-state index in [-0.39, 0.29) is 5.91 Å². The highest BCUT2D eigenvalue weighted by Gasteiger charge is 2.23. The molecule has 1 aromatic rings. The van der Waals surface area contributed by atoms with Crippen molar-refractivity contribution in [1.29, 1.82) is 0 Å². The summed E-state index contributed by atoms with van der Waals surface area (Å²) in [5.41, 5.74) is 1.93. The molecule has 0 radical (unpaired) electrons. The van der Waals surface area contributed by atoms with E-state index in [0.29, 0.717) is 12.6 Å². The van der Waals surface area contributed by atoms with E-state index < -0.39 is 0 Å². The first-order valence-corrected chi connectivity index (χ1v) is 9.31. The maximum Gasteiger partial charge on any atom is 0.221 e. The van der Waals surface area contributed by atoms with Gasteiger partial charge in [-0.15, -0.1) is 0 Å². The molecule has 1 aromatic carbocycles. The molecular formula is C20H32N4O. The van der Waals surface area contributed by atoms with E-state index in [4.69, 9.17) is 0 Å². The summed E-state index contributed by atoms with van der Waals surface area (Å²) in [4.78, 5) is 15.5. The molecule has 0 spiro atoms. The van der Waals surface area contributed by atoms with E-state index in [0.717, 1.165) is 29.0 Å². The third kappa shape index (κ3) is 6.40. The van der Waals surface area contributed by atoms with Crippen molar-refractivity contribution in [3.63, 3.8) is 0 Å². The first-order chi connectivity index (χ1) is 12.0. The Hall–Kier alpha value is -2.04. The summed E-state index contributed by atoms with van der Waals surface area (Å²) in [6.07, 6.45) is 5.01. The topological polar surface area (TPSA) is 65.5 Å². The maximum absolute atomic E-state index is 11.2. The third-order valence-corrected chi connectivity index (χ3v) is 4.99. The van der Waals surface area contributed by atoms with Crippen molar-refractivity contribution in [2.45, 2.75) is 59.0 Å². The number of anilines is 1.